The van der Waals surface area contributed by atoms with Gasteiger partial charge in [0.05, 0.1) is 6.61 Å². The smallest absolute Gasteiger partial charge is 0.255 e. The normalized spacial score (nSPS) is 10.1. The number of amides is 1. The van der Waals surface area contributed by atoms with E-state index in [0.29, 0.717) is 12.2 Å². The first-order chi connectivity index (χ1) is 9.72. The third-order valence-electron chi connectivity index (χ3n) is 2.75. The van der Waals surface area contributed by atoms with Gasteiger partial charge in [-0.25, -0.2) is 0 Å². The summed E-state index contributed by atoms with van der Waals surface area (Å²) in [7, 11) is 0. The first-order valence-electron chi connectivity index (χ1n) is 6.42. The minimum Gasteiger partial charge on any atom is -0.494 e. The van der Waals surface area contributed by atoms with E-state index in [-0.39, 0.29) is 5.91 Å². The molecule has 0 aliphatic carbocycles. The van der Waals surface area contributed by atoms with E-state index in [1.54, 1.807) is 6.07 Å². The molecule has 4 heteroatoms. The molecule has 0 aliphatic rings. The van der Waals surface area contributed by atoms with Crippen LogP contribution in [0.4, 0.5) is 5.69 Å². The van der Waals surface area contributed by atoms with Crippen molar-refractivity contribution in [1.82, 2.24) is 0 Å². The topological polar surface area (TPSA) is 38.3 Å². The number of halogens is 1. The molecule has 20 heavy (non-hydrogen) atoms. The van der Waals surface area contributed by atoms with Crippen LogP contribution in [0.5, 0.6) is 5.75 Å². The second-order valence-corrected chi connectivity index (χ2v) is 4.81. The van der Waals surface area contributed by atoms with Crippen LogP contribution in [0.1, 0.15) is 22.8 Å². The van der Waals surface area contributed by atoms with E-state index in [9.17, 15) is 4.79 Å². The van der Waals surface area contributed by atoms with Crippen LogP contribution in [-0.2, 0) is 5.33 Å². The fraction of sp³-hybridized carbons (Fsp3) is 0.188. The Kier molecular flexibility index (Phi) is 5.18. The van der Waals surface area contributed by atoms with Gasteiger partial charge in [0.1, 0.15) is 5.75 Å². The summed E-state index contributed by atoms with van der Waals surface area (Å²) >= 11 is 3.39. The lowest BCUT2D eigenvalue weighted by molar-refractivity contribution is 0.102. The molecule has 2 aromatic carbocycles. The average Bonchev–Trinajstić information content (AvgIpc) is 2.48. The molecule has 104 valence electrons. The Balaban J connectivity index is 2.12. The van der Waals surface area contributed by atoms with E-state index in [1.807, 2.05) is 49.4 Å². The molecule has 0 fully saturated rings. The third-order valence-corrected chi connectivity index (χ3v) is 3.39. The van der Waals surface area contributed by atoms with Crippen molar-refractivity contribution in [3.8, 4) is 5.75 Å². The summed E-state index contributed by atoms with van der Waals surface area (Å²) in [5, 5.41) is 3.60. The maximum absolute atomic E-state index is 12.2. The van der Waals surface area contributed by atoms with Crippen LogP contribution in [0, 0.1) is 0 Å². The quantitative estimate of drug-likeness (QED) is 0.831. The summed E-state index contributed by atoms with van der Waals surface area (Å²) < 4.78 is 5.41. The molecule has 1 amide bonds. The Morgan fingerprint density at radius 2 is 2.00 bits per heavy atom. The van der Waals surface area contributed by atoms with Crippen molar-refractivity contribution in [1.29, 1.82) is 0 Å². The minimum atomic E-state index is -0.124. The molecule has 1 N–H and O–H groups in total. The number of rotatable bonds is 5. The number of hydrogen-bond donors (Lipinski definition) is 1. The molecule has 0 spiro atoms. The van der Waals surface area contributed by atoms with Gasteiger partial charge in [-0.3, -0.25) is 4.79 Å². The maximum Gasteiger partial charge on any atom is 0.255 e. The summed E-state index contributed by atoms with van der Waals surface area (Å²) in [4.78, 5) is 12.2. The molecule has 3 nitrogen and oxygen atoms in total. The van der Waals surface area contributed by atoms with Crippen LogP contribution in [-0.4, -0.2) is 12.5 Å². The molecule has 2 aromatic rings. The number of hydrogen-bond acceptors (Lipinski definition) is 2. The first-order valence-corrected chi connectivity index (χ1v) is 7.54. The van der Waals surface area contributed by atoms with Gasteiger partial charge in [-0.1, -0.05) is 34.1 Å². The fourth-order valence-electron chi connectivity index (χ4n) is 1.83. The summed E-state index contributed by atoms with van der Waals surface area (Å²) in [6.07, 6.45) is 0. The standard InChI is InChI=1S/C16H16BrNO2/c1-2-20-15-8-4-7-14(10-15)18-16(19)13-6-3-5-12(9-13)11-17/h3-10H,2,11H2,1H3,(H,18,19). The monoisotopic (exact) mass is 333 g/mol. The minimum absolute atomic E-state index is 0.124. The maximum atomic E-state index is 12.2. The number of ether oxygens (including phenoxy) is 1. The van der Waals surface area contributed by atoms with Gasteiger partial charge in [0.2, 0.25) is 0 Å². The van der Waals surface area contributed by atoms with Gasteiger partial charge < -0.3 is 10.1 Å². The van der Waals surface area contributed by atoms with Crippen molar-refractivity contribution in [2.75, 3.05) is 11.9 Å². The van der Waals surface area contributed by atoms with E-state index in [2.05, 4.69) is 21.2 Å². The molecule has 0 radical (unpaired) electrons. The zero-order valence-corrected chi connectivity index (χ0v) is 12.8. The number of carbonyl (C=O) groups is 1. The van der Waals surface area contributed by atoms with Gasteiger partial charge in [0, 0.05) is 22.6 Å². The Morgan fingerprint density at radius 3 is 2.75 bits per heavy atom. The summed E-state index contributed by atoms with van der Waals surface area (Å²) in [6, 6.07) is 14.9. The summed E-state index contributed by atoms with van der Waals surface area (Å²) in [6.45, 7) is 2.53. The Labute approximate surface area is 127 Å². The van der Waals surface area contributed by atoms with Crippen molar-refractivity contribution in [2.24, 2.45) is 0 Å². The van der Waals surface area contributed by atoms with Gasteiger partial charge in [-0.2, -0.15) is 0 Å². The highest BCUT2D eigenvalue weighted by Crippen LogP contribution is 2.18. The molecule has 0 bridgehead atoms. The van der Waals surface area contributed by atoms with E-state index < -0.39 is 0 Å². The van der Waals surface area contributed by atoms with Crippen LogP contribution in [0.25, 0.3) is 0 Å². The highest BCUT2D eigenvalue weighted by Gasteiger charge is 2.07. The largest absolute Gasteiger partial charge is 0.494 e. The second kappa shape index (κ2) is 7.10. The van der Waals surface area contributed by atoms with Crippen molar-refractivity contribution in [2.45, 2.75) is 12.3 Å². The van der Waals surface area contributed by atoms with Crippen molar-refractivity contribution in [3.63, 3.8) is 0 Å². The second-order valence-electron chi connectivity index (χ2n) is 4.25. The molecule has 0 saturated carbocycles. The lowest BCUT2D eigenvalue weighted by Crippen LogP contribution is -2.12. The summed E-state index contributed by atoms with van der Waals surface area (Å²) in [5.74, 6) is 0.626. The lowest BCUT2D eigenvalue weighted by atomic mass is 10.1. The van der Waals surface area contributed by atoms with Crippen LogP contribution >= 0.6 is 15.9 Å². The molecule has 0 aliphatic heterocycles. The van der Waals surface area contributed by atoms with Crippen molar-refractivity contribution >= 4 is 27.5 Å². The number of alkyl halides is 1. The Morgan fingerprint density at radius 1 is 1.20 bits per heavy atom. The SMILES string of the molecule is CCOc1cccc(NC(=O)c2cccc(CBr)c2)c1. The molecule has 2 rings (SSSR count). The lowest BCUT2D eigenvalue weighted by Gasteiger charge is -2.08. The van der Waals surface area contributed by atoms with Gasteiger partial charge in [-0.05, 0) is 36.8 Å². The van der Waals surface area contributed by atoms with E-state index in [1.165, 1.54) is 0 Å². The van der Waals surface area contributed by atoms with Crippen LogP contribution in [0.3, 0.4) is 0 Å². The molecule has 0 unspecified atom stereocenters. The number of benzene rings is 2. The first kappa shape index (κ1) is 14.6. The van der Waals surface area contributed by atoms with E-state index in [0.717, 1.165) is 22.3 Å². The molecule has 0 saturated heterocycles. The van der Waals surface area contributed by atoms with E-state index >= 15 is 0 Å². The predicted molar refractivity (Wildman–Crippen MR) is 84.6 cm³/mol. The Bertz CT molecular complexity index is 599. The summed E-state index contributed by atoms with van der Waals surface area (Å²) in [5.41, 5.74) is 2.44. The highest BCUT2D eigenvalue weighted by molar-refractivity contribution is 9.08. The van der Waals surface area contributed by atoms with Gasteiger partial charge in [-0.15, -0.1) is 0 Å². The van der Waals surface area contributed by atoms with Gasteiger partial charge in [0.25, 0.3) is 5.91 Å². The number of anilines is 1. The third kappa shape index (κ3) is 3.84. The number of nitrogens with one attached hydrogen (secondary N) is 1. The highest BCUT2D eigenvalue weighted by atomic mass is 79.9. The number of carbonyl (C=O) groups excluding carboxylic acids is 1. The van der Waals surface area contributed by atoms with Crippen molar-refractivity contribution in [3.05, 3.63) is 59.7 Å². The molecule has 0 aromatic heterocycles. The molecule has 0 heterocycles. The van der Waals surface area contributed by atoms with Crippen LogP contribution < -0.4 is 10.1 Å². The molecule has 0 atom stereocenters. The predicted octanol–water partition coefficient (Wildman–Crippen LogP) is 4.23. The average molecular weight is 334 g/mol. The zero-order valence-electron chi connectivity index (χ0n) is 11.2. The Hall–Kier alpha value is -1.81. The molecular weight excluding hydrogens is 318 g/mol. The fourth-order valence-corrected chi connectivity index (χ4v) is 2.18. The zero-order chi connectivity index (χ0) is 14.4. The van der Waals surface area contributed by atoms with Crippen molar-refractivity contribution < 1.29 is 9.53 Å². The molecular formula is C16H16BrNO2. The van der Waals surface area contributed by atoms with Crippen LogP contribution in [0.2, 0.25) is 0 Å². The van der Waals surface area contributed by atoms with Gasteiger partial charge >= 0.3 is 0 Å². The van der Waals surface area contributed by atoms with Gasteiger partial charge in [0.15, 0.2) is 0 Å². The van der Waals surface area contributed by atoms with Crippen LogP contribution in [0.15, 0.2) is 48.5 Å². The van der Waals surface area contributed by atoms with E-state index in [4.69, 9.17) is 4.74 Å².